The Hall–Kier alpha value is -2.54. The Labute approximate surface area is 112 Å². The molecule has 6 nitrogen and oxygen atoms in total. The van der Waals surface area contributed by atoms with Crippen molar-refractivity contribution >= 4 is 11.6 Å². The minimum absolute atomic E-state index is 0.169. The van der Waals surface area contributed by atoms with Crippen molar-refractivity contribution in [3.8, 4) is 23.0 Å². The van der Waals surface area contributed by atoms with Gasteiger partial charge in [-0.2, -0.15) is 8.42 Å². The van der Waals surface area contributed by atoms with Gasteiger partial charge in [0.1, 0.15) is 23.0 Å². The Morgan fingerprint density at radius 2 is 0.632 bits per heavy atom. The van der Waals surface area contributed by atoms with E-state index in [9.17, 15) is 0 Å². The van der Waals surface area contributed by atoms with Crippen LogP contribution in [0.1, 0.15) is 0 Å². The van der Waals surface area contributed by atoms with Crippen molar-refractivity contribution < 1.29 is 28.8 Å². The first-order valence-electron chi connectivity index (χ1n) is 4.87. The van der Waals surface area contributed by atoms with E-state index in [-0.39, 0.29) is 23.0 Å². The van der Waals surface area contributed by atoms with Gasteiger partial charge in [0.05, 0.1) is 0 Å². The SMILES string of the molecule is O=S=O.Oc1ccc(O)cc1.Oc1ccc(O)cc1. The third-order valence-corrected chi connectivity index (χ3v) is 1.70. The summed E-state index contributed by atoms with van der Waals surface area (Å²) < 4.78 is 16.6. The summed E-state index contributed by atoms with van der Waals surface area (Å²) >= 11 is -0.750. The molecule has 19 heavy (non-hydrogen) atoms. The summed E-state index contributed by atoms with van der Waals surface area (Å²) in [4.78, 5) is 0. The molecule has 0 aliphatic rings. The minimum atomic E-state index is -0.750. The van der Waals surface area contributed by atoms with Crippen LogP contribution in [0.25, 0.3) is 0 Å². The van der Waals surface area contributed by atoms with E-state index in [1.54, 1.807) is 0 Å². The molecular formula is C12H12O6S. The molecule has 7 heteroatoms. The Kier molecular flexibility index (Phi) is 8.22. The first kappa shape index (κ1) is 16.5. The maximum atomic E-state index is 8.65. The molecule has 0 aromatic heterocycles. The van der Waals surface area contributed by atoms with Crippen LogP contribution < -0.4 is 0 Å². The van der Waals surface area contributed by atoms with Crippen LogP contribution in [-0.4, -0.2) is 28.8 Å². The van der Waals surface area contributed by atoms with Gasteiger partial charge in [-0.1, -0.05) is 0 Å². The zero-order valence-corrected chi connectivity index (χ0v) is 10.4. The molecule has 0 saturated heterocycles. The van der Waals surface area contributed by atoms with Gasteiger partial charge in [-0.15, -0.1) is 0 Å². The van der Waals surface area contributed by atoms with Crippen molar-refractivity contribution in [1.82, 2.24) is 0 Å². The van der Waals surface area contributed by atoms with E-state index < -0.39 is 11.6 Å². The molecule has 4 N–H and O–H groups in total. The number of hydrogen-bond acceptors (Lipinski definition) is 6. The lowest BCUT2D eigenvalue weighted by Gasteiger charge is -1.88. The topological polar surface area (TPSA) is 115 Å². The van der Waals surface area contributed by atoms with Crippen LogP contribution >= 0.6 is 0 Å². The molecule has 2 rings (SSSR count). The highest BCUT2D eigenvalue weighted by Crippen LogP contribution is 2.13. The van der Waals surface area contributed by atoms with E-state index in [4.69, 9.17) is 28.8 Å². The van der Waals surface area contributed by atoms with Gasteiger partial charge in [-0.25, -0.2) is 0 Å². The smallest absolute Gasteiger partial charge is 0.335 e. The highest BCUT2D eigenvalue weighted by Gasteiger charge is 1.84. The van der Waals surface area contributed by atoms with Crippen molar-refractivity contribution in [2.45, 2.75) is 0 Å². The van der Waals surface area contributed by atoms with Crippen LogP contribution in [0.4, 0.5) is 0 Å². The molecule has 0 aliphatic carbocycles. The third kappa shape index (κ3) is 9.19. The van der Waals surface area contributed by atoms with Crippen molar-refractivity contribution in [2.24, 2.45) is 0 Å². The third-order valence-electron chi connectivity index (χ3n) is 1.70. The molecule has 2 aromatic carbocycles. The van der Waals surface area contributed by atoms with Gasteiger partial charge in [0, 0.05) is 0 Å². The number of phenolic OH excluding ortho intramolecular Hbond substituents is 4. The van der Waals surface area contributed by atoms with Crippen LogP contribution in [-0.2, 0) is 11.6 Å². The molecule has 0 radical (unpaired) electrons. The lowest BCUT2D eigenvalue weighted by molar-refractivity contribution is 0.460. The molecule has 0 spiro atoms. The second kappa shape index (κ2) is 9.49. The van der Waals surface area contributed by atoms with Crippen molar-refractivity contribution in [2.75, 3.05) is 0 Å². The summed E-state index contributed by atoms with van der Waals surface area (Å²) in [5.41, 5.74) is 0. The van der Waals surface area contributed by atoms with Crippen molar-refractivity contribution in [3.63, 3.8) is 0 Å². The Morgan fingerprint density at radius 3 is 0.737 bits per heavy atom. The minimum Gasteiger partial charge on any atom is -0.508 e. The molecule has 0 amide bonds. The molecule has 102 valence electrons. The van der Waals surface area contributed by atoms with Gasteiger partial charge in [-0.3, -0.25) is 0 Å². The van der Waals surface area contributed by atoms with E-state index in [0.717, 1.165) is 0 Å². The average Bonchev–Trinajstić information content (AvgIpc) is 2.38. The maximum absolute atomic E-state index is 8.65. The molecule has 0 aliphatic heterocycles. The summed E-state index contributed by atoms with van der Waals surface area (Å²) in [6.45, 7) is 0. The zero-order valence-electron chi connectivity index (χ0n) is 9.63. The van der Waals surface area contributed by atoms with Crippen LogP contribution in [0.5, 0.6) is 23.0 Å². The highest BCUT2D eigenvalue weighted by molar-refractivity contribution is 7.51. The highest BCUT2D eigenvalue weighted by atomic mass is 32.1. The first-order chi connectivity index (χ1) is 8.99. The molecule has 0 saturated carbocycles. The number of hydrogen-bond donors (Lipinski definition) is 4. The van der Waals surface area contributed by atoms with Gasteiger partial charge in [-0.05, 0) is 48.5 Å². The Bertz CT molecular complexity index is 417. The van der Waals surface area contributed by atoms with Gasteiger partial charge < -0.3 is 20.4 Å². The number of benzene rings is 2. The summed E-state index contributed by atoms with van der Waals surface area (Å²) in [5.74, 6) is 0.677. The molecule has 0 fully saturated rings. The summed E-state index contributed by atoms with van der Waals surface area (Å²) in [6.07, 6.45) is 0. The summed E-state index contributed by atoms with van der Waals surface area (Å²) in [7, 11) is 0. The second-order valence-electron chi connectivity index (χ2n) is 3.10. The van der Waals surface area contributed by atoms with Gasteiger partial charge >= 0.3 is 11.6 Å². The van der Waals surface area contributed by atoms with Crippen LogP contribution in [0.2, 0.25) is 0 Å². The van der Waals surface area contributed by atoms with Gasteiger partial charge in [0.2, 0.25) is 0 Å². The molecule has 0 unspecified atom stereocenters. The van der Waals surface area contributed by atoms with E-state index in [1.807, 2.05) is 0 Å². The van der Waals surface area contributed by atoms with E-state index >= 15 is 0 Å². The van der Waals surface area contributed by atoms with Crippen LogP contribution in [0.15, 0.2) is 48.5 Å². The lowest BCUT2D eigenvalue weighted by atomic mass is 10.3. The largest absolute Gasteiger partial charge is 0.508 e. The van der Waals surface area contributed by atoms with Gasteiger partial charge in [0.25, 0.3) is 0 Å². The molecule has 0 heterocycles. The standard InChI is InChI=1S/2C6H6O2.O2S/c2*7-5-1-2-6(8)4-3-5;1-3-2/h2*1-4,7-8H;. The summed E-state index contributed by atoms with van der Waals surface area (Å²) in [5, 5.41) is 34.6. The number of aromatic hydroxyl groups is 4. The van der Waals surface area contributed by atoms with Crippen LogP contribution in [0.3, 0.4) is 0 Å². The van der Waals surface area contributed by atoms with E-state index in [2.05, 4.69) is 0 Å². The zero-order chi connectivity index (χ0) is 14.7. The summed E-state index contributed by atoms with van der Waals surface area (Å²) in [6, 6.07) is 11.4. The lowest BCUT2D eigenvalue weighted by Crippen LogP contribution is -1.61. The molecule has 2 aromatic rings. The molecular weight excluding hydrogens is 272 g/mol. The van der Waals surface area contributed by atoms with E-state index in [1.165, 1.54) is 48.5 Å². The first-order valence-corrected chi connectivity index (χ1v) is 5.54. The normalized spacial score (nSPS) is 8.21. The fourth-order valence-corrected chi connectivity index (χ4v) is 0.905. The quantitative estimate of drug-likeness (QED) is 0.545. The number of rotatable bonds is 0. The predicted molar refractivity (Wildman–Crippen MR) is 68.5 cm³/mol. The van der Waals surface area contributed by atoms with Crippen molar-refractivity contribution in [1.29, 1.82) is 0 Å². The maximum Gasteiger partial charge on any atom is 0.335 e. The fourth-order valence-electron chi connectivity index (χ4n) is 0.905. The second-order valence-corrected chi connectivity index (χ2v) is 3.24. The molecule has 0 atom stereocenters. The molecule has 0 bridgehead atoms. The van der Waals surface area contributed by atoms with Crippen LogP contribution in [0, 0.1) is 0 Å². The van der Waals surface area contributed by atoms with E-state index in [0.29, 0.717) is 0 Å². The van der Waals surface area contributed by atoms with Gasteiger partial charge in [0.15, 0.2) is 0 Å². The monoisotopic (exact) mass is 284 g/mol. The average molecular weight is 284 g/mol. The predicted octanol–water partition coefficient (Wildman–Crippen LogP) is 1.53. The Balaban J connectivity index is 0.000000284. The Morgan fingerprint density at radius 1 is 0.526 bits per heavy atom. The van der Waals surface area contributed by atoms with Crippen molar-refractivity contribution in [3.05, 3.63) is 48.5 Å². The number of phenols is 4. The fraction of sp³-hybridized carbons (Fsp3) is 0.